The molecular weight excluding hydrogens is 379 g/mol. The number of nitrogens with zero attached hydrogens (tertiary/aromatic N) is 2. The fourth-order valence-corrected chi connectivity index (χ4v) is 2.80. The molecule has 3 rings (SSSR count). The minimum atomic E-state index is -0.322. The average molecular weight is 404 g/mol. The first kappa shape index (κ1) is 23.5. The maximum atomic E-state index is 6.16. The van der Waals surface area contributed by atoms with Crippen LogP contribution in [0, 0.1) is 0 Å². The van der Waals surface area contributed by atoms with Crippen molar-refractivity contribution in [3.63, 3.8) is 0 Å². The van der Waals surface area contributed by atoms with Gasteiger partial charge in [0.05, 0.1) is 17.4 Å². The predicted octanol–water partition coefficient (Wildman–Crippen LogP) is 4.76. The van der Waals surface area contributed by atoms with E-state index in [1.165, 1.54) is 16.8 Å². The van der Waals surface area contributed by atoms with E-state index in [0.717, 1.165) is 16.5 Å². The summed E-state index contributed by atoms with van der Waals surface area (Å²) < 4.78 is 0. The van der Waals surface area contributed by atoms with Crippen LogP contribution >= 0.6 is 37.2 Å². The Morgan fingerprint density at radius 1 is 0.960 bits per heavy atom. The lowest BCUT2D eigenvalue weighted by Gasteiger charge is -2.21. The summed E-state index contributed by atoms with van der Waals surface area (Å²) in [5.41, 5.74) is 11.6. The Bertz CT molecular complexity index is 805. The molecule has 0 atom stereocenters. The van der Waals surface area contributed by atoms with Crippen molar-refractivity contribution in [1.82, 2.24) is 10.2 Å². The average Bonchev–Trinajstić information content (AvgIpc) is 2.93. The van der Waals surface area contributed by atoms with Crippen LogP contribution in [0.3, 0.4) is 0 Å². The Kier molecular flexibility index (Phi) is 8.25. The molecule has 0 amide bonds. The number of nitrogens with one attached hydrogen (secondary N) is 1. The molecule has 0 aliphatic carbocycles. The van der Waals surface area contributed by atoms with Crippen molar-refractivity contribution < 1.29 is 0 Å². The summed E-state index contributed by atoms with van der Waals surface area (Å²) in [7, 11) is 4.12. The van der Waals surface area contributed by atoms with Crippen LogP contribution in [-0.2, 0) is 5.54 Å². The molecule has 25 heavy (non-hydrogen) atoms. The molecule has 0 aliphatic heterocycles. The SMILES string of the molecule is CN(C)c1c(-c2ccc(C(C)(C)N)cc2)ccc2[nH]ncc12.Cl.Cl.Cl. The van der Waals surface area contributed by atoms with Crippen molar-refractivity contribution in [2.24, 2.45) is 5.73 Å². The number of anilines is 1. The molecule has 0 bridgehead atoms. The third kappa shape index (κ3) is 4.59. The Hall–Kier alpha value is -1.46. The van der Waals surface area contributed by atoms with Crippen LogP contribution in [0.5, 0.6) is 0 Å². The second-order valence-electron chi connectivity index (χ2n) is 6.49. The van der Waals surface area contributed by atoms with Crippen molar-refractivity contribution in [3.05, 3.63) is 48.2 Å². The quantitative estimate of drug-likeness (QED) is 0.663. The Morgan fingerprint density at radius 2 is 1.56 bits per heavy atom. The van der Waals surface area contributed by atoms with E-state index >= 15 is 0 Å². The number of rotatable bonds is 3. The largest absolute Gasteiger partial charge is 0.377 e. The lowest BCUT2D eigenvalue weighted by molar-refractivity contribution is 0.554. The van der Waals surface area contributed by atoms with E-state index in [1.807, 2.05) is 20.0 Å². The topological polar surface area (TPSA) is 57.9 Å². The standard InChI is InChI=1S/C18H22N4.3ClH/c1-18(2,19)13-7-5-12(6-8-13)14-9-10-16-15(11-20-21-16)17(14)22(3)4;;;/h5-11H,19H2,1-4H3,(H,20,21);3*1H. The Balaban J connectivity index is 0.00000192. The zero-order chi connectivity index (χ0) is 15.9. The Morgan fingerprint density at radius 3 is 2.08 bits per heavy atom. The van der Waals surface area contributed by atoms with E-state index < -0.39 is 0 Å². The molecule has 1 aromatic heterocycles. The number of aromatic amines is 1. The van der Waals surface area contributed by atoms with E-state index in [-0.39, 0.29) is 42.8 Å². The predicted molar refractivity (Wildman–Crippen MR) is 115 cm³/mol. The number of halogens is 3. The van der Waals surface area contributed by atoms with E-state index in [2.05, 4.69) is 65.6 Å². The molecule has 0 saturated heterocycles. The van der Waals surface area contributed by atoms with Crippen molar-refractivity contribution in [2.75, 3.05) is 19.0 Å². The van der Waals surface area contributed by atoms with Gasteiger partial charge in [-0.2, -0.15) is 5.10 Å². The van der Waals surface area contributed by atoms with Gasteiger partial charge in [-0.3, -0.25) is 5.10 Å². The third-order valence-corrected chi connectivity index (χ3v) is 3.98. The highest BCUT2D eigenvalue weighted by molar-refractivity contribution is 6.00. The molecule has 2 aromatic carbocycles. The van der Waals surface area contributed by atoms with Crippen molar-refractivity contribution in [3.8, 4) is 11.1 Å². The van der Waals surface area contributed by atoms with Crippen LogP contribution in [0.2, 0.25) is 0 Å². The van der Waals surface area contributed by atoms with E-state index in [4.69, 9.17) is 5.73 Å². The fraction of sp³-hybridized carbons (Fsp3) is 0.278. The van der Waals surface area contributed by atoms with E-state index in [1.54, 1.807) is 0 Å². The Labute approximate surface area is 167 Å². The second kappa shape index (κ2) is 8.77. The summed E-state index contributed by atoms with van der Waals surface area (Å²) in [4.78, 5) is 2.13. The highest BCUT2D eigenvalue weighted by Gasteiger charge is 2.16. The number of H-pyrrole nitrogens is 1. The zero-order valence-corrected chi connectivity index (χ0v) is 17.2. The van der Waals surface area contributed by atoms with Gasteiger partial charge in [0.25, 0.3) is 0 Å². The molecule has 0 unspecified atom stereocenters. The highest BCUT2D eigenvalue weighted by Crippen LogP contribution is 2.36. The normalized spacial score (nSPS) is 10.4. The molecule has 0 spiro atoms. The smallest absolute Gasteiger partial charge is 0.0671 e. The maximum Gasteiger partial charge on any atom is 0.0671 e. The fourth-order valence-electron chi connectivity index (χ4n) is 2.80. The number of aromatic nitrogens is 2. The van der Waals surface area contributed by atoms with Crippen molar-refractivity contribution >= 4 is 53.8 Å². The van der Waals surface area contributed by atoms with Gasteiger partial charge >= 0.3 is 0 Å². The molecule has 0 saturated carbocycles. The van der Waals surface area contributed by atoms with Crippen LogP contribution in [0.1, 0.15) is 19.4 Å². The lowest BCUT2D eigenvalue weighted by atomic mass is 9.92. The van der Waals surface area contributed by atoms with Crippen LogP contribution in [0.15, 0.2) is 42.6 Å². The number of fused-ring (bicyclic) bond motifs is 1. The first-order valence-corrected chi connectivity index (χ1v) is 7.41. The van der Waals surface area contributed by atoms with Gasteiger partial charge < -0.3 is 10.6 Å². The second-order valence-corrected chi connectivity index (χ2v) is 6.49. The summed E-state index contributed by atoms with van der Waals surface area (Å²) in [5.74, 6) is 0. The van der Waals surface area contributed by atoms with E-state index in [0.29, 0.717) is 0 Å². The lowest BCUT2D eigenvalue weighted by Crippen LogP contribution is -2.28. The minimum Gasteiger partial charge on any atom is -0.377 e. The summed E-state index contributed by atoms with van der Waals surface area (Å²) >= 11 is 0. The first-order valence-electron chi connectivity index (χ1n) is 7.41. The van der Waals surface area contributed by atoms with Gasteiger partial charge in [0.15, 0.2) is 0 Å². The molecule has 138 valence electrons. The number of benzene rings is 2. The maximum absolute atomic E-state index is 6.16. The van der Waals surface area contributed by atoms with Crippen LogP contribution in [-0.4, -0.2) is 24.3 Å². The van der Waals surface area contributed by atoms with Gasteiger partial charge in [-0.05, 0) is 31.0 Å². The number of hydrogen-bond acceptors (Lipinski definition) is 3. The van der Waals surface area contributed by atoms with Crippen LogP contribution in [0.25, 0.3) is 22.0 Å². The van der Waals surface area contributed by atoms with Gasteiger partial charge in [0.2, 0.25) is 0 Å². The first-order chi connectivity index (χ1) is 10.4. The zero-order valence-electron chi connectivity index (χ0n) is 14.7. The minimum absolute atomic E-state index is 0. The molecule has 3 aromatic rings. The summed E-state index contributed by atoms with van der Waals surface area (Å²) in [6.45, 7) is 4.04. The van der Waals surface area contributed by atoms with Crippen molar-refractivity contribution in [1.29, 1.82) is 0 Å². The van der Waals surface area contributed by atoms with Crippen LogP contribution in [0.4, 0.5) is 5.69 Å². The van der Waals surface area contributed by atoms with Gasteiger partial charge in [0.1, 0.15) is 0 Å². The molecule has 0 fully saturated rings. The van der Waals surface area contributed by atoms with Gasteiger partial charge in [-0.1, -0.05) is 30.3 Å². The molecular formula is C18H25Cl3N4. The summed E-state index contributed by atoms with van der Waals surface area (Å²) in [6, 6.07) is 12.7. The molecule has 4 nitrogen and oxygen atoms in total. The highest BCUT2D eigenvalue weighted by atomic mass is 35.5. The van der Waals surface area contributed by atoms with Crippen molar-refractivity contribution in [2.45, 2.75) is 19.4 Å². The third-order valence-electron chi connectivity index (χ3n) is 3.98. The molecule has 1 heterocycles. The van der Waals surface area contributed by atoms with Gasteiger partial charge in [-0.15, -0.1) is 37.2 Å². The van der Waals surface area contributed by atoms with Crippen LogP contribution < -0.4 is 10.6 Å². The monoisotopic (exact) mass is 402 g/mol. The van der Waals surface area contributed by atoms with E-state index in [9.17, 15) is 0 Å². The molecule has 0 aliphatic rings. The summed E-state index contributed by atoms with van der Waals surface area (Å²) in [6.07, 6.45) is 1.88. The molecule has 0 radical (unpaired) electrons. The number of nitrogens with two attached hydrogens (primary N) is 1. The molecule has 3 N–H and O–H groups in total. The number of hydrogen-bond donors (Lipinski definition) is 2. The molecule has 7 heteroatoms. The van der Waals surface area contributed by atoms with Gasteiger partial charge in [0, 0.05) is 30.6 Å². The summed E-state index contributed by atoms with van der Waals surface area (Å²) in [5, 5.41) is 8.32. The van der Waals surface area contributed by atoms with Gasteiger partial charge in [-0.25, -0.2) is 0 Å².